The Morgan fingerprint density at radius 2 is 1.53 bits per heavy atom. The fraction of sp³-hybridized carbons (Fsp3) is 0.552. The molecule has 3 heteroatoms. The highest BCUT2D eigenvalue weighted by atomic mass is 79.9. The smallest absolute Gasteiger partial charge is 0.190 e. The lowest BCUT2D eigenvalue weighted by Gasteiger charge is -2.51. The Morgan fingerprint density at radius 1 is 0.906 bits per heavy atom. The lowest BCUT2D eigenvalue weighted by atomic mass is 9.53. The van der Waals surface area contributed by atoms with Crippen molar-refractivity contribution in [1.29, 1.82) is 0 Å². The van der Waals surface area contributed by atoms with Gasteiger partial charge in [0, 0.05) is 54.5 Å². The predicted molar refractivity (Wildman–Crippen MR) is 140 cm³/mol. The molecule has 0 radical (unpaired) electrons. The minimum absolute atomic E-state index is 0.0540. The van der Waals surface area contributed by atoms with E-state index in [9.17, 15) is 4.79 Å². The van der Waals surface area contributed by atoms with Gasteiger partial charge in [-0.1, -0.05) is 77.4 Å². The molecule has 2 aliphatic carbocycles. The molecule has 2 unspecified atom stereocenters. The van der Waals surface area contributed by atoms with Crippen molar-refractivity contribution >= 4 is 32.2 Å². The second-order valence-corrected chi connectivity index (χ2v) is 13.0. The van der Waals surface area contributed by atoms with Gasteiger partial charge in [0.05, 0.1) is 5.52 Å². The van der Waals surface area contributed by atoms with Gasteiger partial charge >= 0.3 is 0 Å². The van der Waals surface area contributed by atoms with E-state index in [1.807, 2.05) is 0 Å². The molecule has 0 bridgehead atoms. The number of aromatic nitrogens is 1. The van der Waals surface area contributed by atoms with Gasteiger partial charge in [-0.2, -0.15) is 0 Å². The van der Waals surface area contributed by atoms with E-state index >= 15 is 0 Å². The number of halogens is 1. The normalized spacial score (nSPS) is 27.4. The van der Waals surface area contributed by atoms with E-state index < -0.39 is 0 Å². The molecule has 0 fully saturated rings. The first-order valence-electron chi connectivity index (χ1n) is 12.1. The molecule has 2 aromatic heterocycles. The fourth-order valence-corrected chi connectivity index (χ4v) is 8.44. The Bertz CT molecular complexity index is 1390. The van der Waals surface area contributed by atoms with E-state index in [1.165, 1.54) is 27.6 Å². The van der Waals surface area contributed by atoms with Crippen molar-refractivity contribution in [1.82, 2.24) is 4.40 Å². The van der Waals surface area contributed by atoms with Gasteiger partial charge in [-0.05, 0) is 48.8 Å². The Hall–Kier alpha value is -1.61. The van der Waals surface area contributed by atoms with Crippen molar-refractivity contribution in [2.24, 2.45) is 0 Å². The highest BCUT2D eigenvalue weighted by Crippen LogP contribution is 2.58. The second-order valence-electron chi connectivity index (χ2n) is 12.1. The first-order valence-corrected chi connectivity index (χ1v) is 12.9. The first kappa shape index (κ1) is 22.2. The highest BCUT2D eigenvalue weighted by molar-refractivity contribution is 9.10. The summed E-state index contributed by atoms with van der Waals surface area (Å²) in [5.41, 5.74) is 6.90. The third-order valence-electron chi connectivity index (χ3n) is 9.50. The quantitative estimate of drug-likeness (QED) is 0.333. The summed E-state index contributed by atoms with van der Waals surface area (Å²) in [6.45, 7) is 20.7. The number of hydrogen-bond acceptors (Lipinski definition) is 1. The van der Waals surface area contributed by atoms with Crippen LogP contribution in [-0.2, 0) is 21.7 Å². The standard InChI is InChI=1S/C29H36BrNO/c1-10-28(8)17-12-13-18(30)19-16(3)14-31-23(20(17)19)21(29(28,9)11-2)24(32)22-25(31)27(6,7)15-26(22,4)5/h12-14H,10-11,15H2,1-9H3. The number of benzene rings is 1. The predicted octanol–water partition coefficient (Wildman–Crippen LogP) is 7.83. The third-order valence-corrected chi connectivity index (χ3v) is 10.2. The third kappa shape index (κ3) is 2.29. The van der Waals surface area contributed by atoms with Gasteiger partial charge in [0.25, 0.3) is 0 Å². The van der Waals surface area contributed by atoms with E-state index in [4.69, 9.17) is 0 Å². The molecule has 0 amide bonds. The van der Waals surface area contributed by atoms with E-state index in [2.05, 4.69) is 101 Å². The van der Waals surface area contributed by atoms with Crippen LogP contribution in [0.4, 0.5) is 0 Å². The van der Waals surface area contributed by atoms with Crippen LogP contribution in [0, 0.1) is 6.92 Å². The second kappa shape index (κ2) is 6.29. The Morgan fingerprint density at radius 3 is 2.12 bits per heavy atom. The van der Waals surface area contributed by atoms with Crippen LogP contribution in [0.3, 0.4) is 0 Å². The van der Waals surface area contributed by atoms with Crippen molar-refractivity contribution in [3.05, 3.63) is 61.0 Å². The number of fused-ring (bicyclic) bond motifs is 2. The van der Waals surface area contributed by atoms with E-state index in [1.54, 1.807) is 0 Å². The van der Waals surface area contributed by atoms with Crippen LogP contribution in [0.15, 0.2) is 27.6 Å². The maximum atomic E-state index is 14.6. The number of aryl methyl sites for hydroxylation is 1. The van der Waals surface area contributed by atoms with Crippen molar-refractivity contribution < 1.29 is 0 Å². The number of rotatable bonds is 2. The summed E-state index contributed by atoms with van der Waals surface area (Å²) in [6.07, 6.45) is 5.24. The van der Waals surface area contributed by atoms with Crippen LogP contribution in [0.1, 0.15) is 103 Å². The minimum Gasteiger partial charge on any atom is -0.319 e. The number of nitrogens with zero attached hydrogens (tertiary/aromatic N) is 1. The molecule has 0 saturated carbocycles. The Kier molecular flexibility index (Phi) is 4.36. The molecule has 2 atom stereocenters. The molecule has 2 heterocycles. The molecule has 5 rings (SSSR count). The summed E-state index contributed by atoms with van der Waals surface area (Å²) in [7, 11) is 0. The molecule has 2 nitrogen and oxygen atoms in total. The van der Waals surface area contributed by atoms with Gasteiger partial charge in [-0.3, -0.25) is 4.79 Å². The average molecular weight is 495 g/mol. The molecule has 0 spiro atoms. The van der Waals surface area contributed by atoms with E-state index in [0.29, 0.717) is 5.43 Å². The monoisotopic (exact) mass is 493 g/mol. The van der Waals surface area contributed by atoms with Crippen molar-refractivity contribution in [3.63, 3.8) is 0 Å². The SMILES string of the molecule is CCC1(C)c2ccc(Br)c3c(C)cn4c5c(c(=O)c(c4c23)C1(C)CC)C(C)(C)CC5(C)C. The fourth-order valence-electron chi connectivity index (χ4n) is 7.80. The zero-order valence-electron chi connectivity index (χ0n) is 21.1. The zero-order chi connectivity index (χ0) is 23.6. The first-order chi connectivity index (χ1) is 14.8. The van der Waals surface area contributed by atoms with Gasteiger partial charge in [-0.25, -0.2) is 0 Å². The molecule has 2 aliphatic rings. The van der Waals surface area contributed by atoms with E-state index in [0.717, 1.165) is 40.4 Å². The minimum atomic E-state index is -0.231. The van der Waals surface area contributed by atoms with Crippen LogP contribution in [0.2, 0.25) is 0 Å². The maximum absolute atomic E-state index is 14.6. The summed E-state index contributed by atoms with van der Waals surface area (Å²) < 4.78 is 3.56. The molecule has 1 aromatic carbocycles. The Balaban J connectivity index is 2.22. The molecule has 170 valence electrons. The summed E-state index contributed by atoms with van der Waals surface area (Å²) in [5.74, 6) is 0. The number of hydrogen-bond donors (Lipinski definition) is 0. The van der Waals surface area contributed by atoms with Crippen molar-refractivity contribution in [2.45, 2.75) is 103 Å². The van der Waals surface area contributed by atoms with Crippen molar-refractivity contribution in [3.8, 4) is 0 Å². The van der Waals surface area contributed by atoms with Crippen LogP contribution >= 0.6 is 15.9 Å². The summed E-state index contributed by atoms with van der Waals surface area (Å²) in [6, 6.07) is 4.54. The summed E-state index contributed by atoms with van der Waals surface area (Å²) in [5, 5.41) is 2.54. The topological polar surface area (TPSA) is 21.5 Å². The molecule has 3 aromatic rings. The van der Waals surface area contributed by atoms with E-state index in [-0.39, 0.29) is 21.7 Å². The molecular formula is C29H36BrNO. The zero-order valence-corrected chi connectivity index (χ0v) is 22.7. The van der Waals surface area contributed by atoms with Gasteiger partial charge in [0.2, 0.25) is 0 Å². The van der Waals surface area contributed by atoms with Gasteiger partial charge in [0.15, 0.2) is 5.43 Å². The van der Waals surface area contributed by atoms with Gasteiger partial charge in [-0.15, -0.1) is 0 Å². The maximum Gasteiger partial charge on any atom is 0.190 e. The van der Waals surface area contributed by atoms with Gasteiger partial charge < -0.3 is 4.40 Å². The van der Waals surface area contributed by atoms with Crippen LogP contribution in [-0.4, -0.2) is 4.40 Å². The molecule has 32 heavy (non-hydrogen) atoms. The van der Waals surface area contributed by atoms with Crippen LogP contribution < -0.4 is 5.43 Å². The average Bonchev–Trinajstić information content (AvgIpc) is 2.91. The molecule has 0 N–H and O–H groups in total. The Labute approximate surface area is 200 Å². The van der Waals surface area contributed by atoms with Crippen LogP contribution in [0.25, 0.3) is 16.3 Å². The molecule has 0 saturated heterocycles. The molecule has 0 aliphatic heterocycles. The summed E-state index contributed by atoms with van der Waals surface area (Å²) >= 11 is 3.86. The highest BCUT2D eigenvalue weighted by Gasteiger charge is 2.54. The largest absolute Gasteiger partial charge is 0.319 e. The van der Waals surface area contributed by atoms with Gasteiger partial charge in [0.1, 0.15) is 0 Å². The number of pyridine rings is 2. The van der Waals surface area contributed by atoms with Crippen molar-refractivity contribution in [2.75, 3.05) is 0 Å². The molecular weight excluding hydrogens is 458 g/mol. The lowest BCUT2D eigenvalue weighted by molar-refractivity contribution is 0.233. The van der Waals surface area contributed by atoms with Crippen LogP contribution in [0.5, 0.6) is 0 Å². The lowest BCUT2D eigenvalue weighted by Crippen LogP contribution is -2.50. The summed E-state index contributed by atoms with van der Waals surface area (Å²) in [4.78, 5) is 14.6.